The molecule has 0 unspecified atom stereocenters. The summed E-state index contributed by atoms with van der Waals surface area (Å²) in [4.78, 5) is 21.1. The van der Waals surface area contributed by atoms with Crippen molar-refractivity contribution in [2.24, 2.45) is 0 Å². The normalized spacial score (nSPS) is 12.2. The Labute approximate surface area is 90.3 Å². The number of fused-ring (bicyclic) bond motifs is 1. The van der Waals surface area contributed by atoms with Crippen LogP contribution in [0.4, 0.5) is 0 Å². The van der Waals surface area contributed by atoms with Crippen molar-refractivity contribution in [1.82, 2.24) is 0 Å². The smallest absolute Gasteiger partial charge is 0.341 e. The van der Waals surface area contributed by atoms with Gasteiger partial charge in [0, 0.05) is 6.07 Å². The Balaban J connectivity index is 2.28. The predicted molar refractivity (Wildman–Crippen MR) is 51.1 cm³/mol. The molecule has 1 heterocycles. The Morgan fingerprint density at radius 1 is 1.44 bits per heavy atom. The van der Waals surface area contributed by atoms with Gasteiger partial charge in [-0.2, -0.15) is 0 Å². The zero-order valence-electron chi connectivity index (χ0n) is 8.13. The van der Waals surface area contributed by atoms with Gasteiger partial charge in [0.15, 0.2) is 24.4 Å². The van der Waals surface area contributed by atoms with Crippen LogP contribution in [0.25, 0.3) is 0 Å². The number of carbonyl (C=O) groups excluding carboxylic acids is 1. The van der Waals surface area contributed by atoms with E-state index in [0.717, 1.165) is 0 Å². The molecule has 0 aromatic heterocycles. The Kier molecular flexibility index (Phi) is 2.63. The molecule has 0 bridgehead atoms. The highest BCUT2D eigenvalue weighted by molar-refractivity contribution is 5.81. The summed E-state index contributed by atoms with van der Waals surface area (Å²) in [7, 11) is 0. The van der Waals surface area contributed by atoms with Crippen LogP contribution in [-0.4, -0.2) is 30.8 Å². The Morgan fingerprint density at radius 3 is 2.75 bits per heavy atom. The number of hydrogen-bond acceptors (Lipinski definition) is 5. The molecule has 0 spiro atoms. The number of ether oxygens (including phenoxy) is 3. The number of carboxylic acid groups (broad SMARTS) is 1. The number of rotatable bonds is 4. The molecule has 16 heavy (non-hydrogen) atoms. The van der Waals surface area contributed by atoms with Crippen LogP contribution in [0.2, 0.25) is 0 Å². The maximum atomic E-state index is 10.7. The number of benzene rings is 1. The summed E-state index contributed by atoms with van der Waals surface area (Å²) < 4.78 is 15.1. The summed E-state index contributed by atoms with van der Waals surface area (Å²) in [5, 5.41) is 8.46. The number of aliphatic carboxylic acids is 1. The van der Waals surface area contributed by atoms with Gasteiger partial charge in [-0.1, -0.05) is 0 Å². The number of carboxylic acids is 1. The molecule has 0 aliphatic carbocycles. The summed E-state index contributed by atoms with van der Waals surface area (Å²) in [6.07, 6.45) is 0.569. The molecule has 1 aliphatic rings. The number of hydrogen-bond donors (Lipinski definition) is 1. The van der Waals surface area contributed by atoms with Gasteiger partial charge in [-0.15, -0.1) is 0 Å². The molecule has 0 amide bonds. The van der Waals surface area contributed by atoms with Gasteiger partial charge in [0.2, 0.25) is 6.79 Å². The summed E-state index contributed by atoms with van der Waals surface area (Å²) in [6.45, 7) is -0.434. The molecule has 6 nitrogen and oxygen atoms in total. The molecule has 1 N–H and O–H groups in total. The molecular weight excluding hydrogens is 216 g/mol. The number of aldehydes is 1. The van der Waals surface area contributed by atoms with E-state index in [9.17, 15) is 9.59 Å². The first-order valence-electron chi connectivity index (χ1n) is 4.44. The van der Waals surface area contributed by atoms with Crippen molar-refractivity contribution in [3.05, 3.63) is 17.7 Å². The van der Waals surface area contributed by atoms with Crippen molar-refractivity contribution < 1.29 is 28.9 Å². The van der Waals surface area contributed by atoms with E-state index in [2.05, 4.69) is 0 Å². The van der Waals surface area contributed by atoms with Gasteiger partial charge < -0.3 is 19.3 Å². The van der Waals surface area contributed by atoms with Crippen molar-refractivity contribution >= 4 is 12.3 Å². The van der Waals surface area contributed by atoms with E-state index < -0.39 is 12.6 Å². The van der Waals surface area contributed by atoms with Crippen molar-refractivity contribution in [2.45, 2.75) is 0 Å². The van der Waals surface area contributed by atoms with E-state index in [1.165, 1.54) is 12.1 Å². The fourth-order valence-electron chi connectivity index (χ4n) is 1.30. The monoisotopic (exact) mass is 224 g/mol. The Morgan fingerprint density at radius 2 is 2.12 bits per heavy atom. The van der Waals surface area contributed by atoms with Gasteiger partial charge in [-0.25, -0.2) is 4.79 Å². The molecule has 0 fully saturated rings. The van der Waals surface area contributed by atoms with Crippen LogP contribution < -0.4 is 14.2 Å². The average molecular weight is 224 g/mol. The van der Waals surface area contributed by atoms with E-state index in [1.54, 1.807) is 0 Å². The molecular formula is C10H8O6. The highest BCUT2D eigenvalue weighted by atomic mass is 16.7. The van der Waals surface area contributed by atoms with Crippen LogP contribution >= 0.6 is 0 Å². The van der Waals surface area contributed by atoms with Crippen LogP contribution in [-0.2, 0) is 4.79 Å². The van der Waals surface area contributed by atoms with Crippen LogP contribution in [0.3, 0.4) is 0 Å². The van der Waals surface area contributed by atoms with Gasteiger partial charge in [-0.05, 0) is 6.07 Å². The average Bonchev–Trinajstić information content (AvgIpc) is 2.71. The second-order valence-electron chi connectivity index (χ2n) is 3.04. The predicted octanol–water partition coefficient (Wildman–Crippen LogP) is 0.691. The van der Waals surface area contributed by atoms with Crippen LogP contribution in [0.15, 0.2) is 12.1 Å². The minimum absolute atomic E-state index is 0.0794. The first-order chi connectivity index (χ1) is 7.70. The Hall–Kier alpha value is -2.24. The lowest BCUT2D eigenvalue weighted by Gasteiger charge is -2.06. The zero-order chi connectivity index (χ0) is 11.5. The molecule has 0 saturated carbocycles. The minimum atomic E-state index is -1.12. The lowest BCUT2D eigenvalue weighted by atomic mass is 10.2. The highest BCUT2D eigenvalue weighted by Crippen LogP contribution is 2.37. The highest BCUT2D eigenvalue weighted by Gasteiger charge is 2.18. The molecule has 1 aromatic carbocycles. The van der Waals surface area contributed by atoms with E-state index in [4.69, 9.17) is 19.3 Å². The molecule has 0 atom stereocenters. The quantitative estimate of drug-likeness (QED) is 0.757. The third kappa shape index (κ3) is 1.90. The summed E-state index contributed by atoms with van der Waals surface area (Å²) in [5.74, 6) is -0.0630. The van der Waals surface area contributed by atoms with Gasteiger partial charge in [0.25, 0.3) is 0 Å². The number of carbonyl (C=O) groups is 2. The maximum Gasteiger partial charge on any atom is 0.341 e. The molecule has 6 heteroatoms. The van der Waals surface area contributed by atoms with Crippen LogP contribution in [0.5, 0.6) is 17.2 Å². The standard InChI is InChI=1S/C10H8O6/c11-3-6-1-8-9(16-5-15-8)2-7(6)14-4-10(12)13/h1-3H,4-5H2,(H,12,13). The molecule has 0 radical (unpaired) electrons. The molecule has 2 rings (SSSR count). The van der Waals surface area contributed by atoms with Crippen LogP contribution in [0, 0.1) is 0 Å². The van der Waals surface area contributed by atoms with Crippen molar-refractivity contribution in [3.8, 4) is 17.2 Å². The fraction of sp³-hybridized carbons (Fsp3) is 0.200. The zero-order valence-corrected chi connectivity index (χ0v) is 8.13. The van der Waals surface area contributed by atoms with Gasteiger partial charge >= 0.3 is 5.97 Å². The molecule has 84 valence electrons. The first kappa shape index (κ1) is 10.3. The summed E-state index contributed by atoms with van der Waals surface area (Å²) in [5.41, 5.74) is 0.227. The van der Waals surface area contributed by atoms with Crippen LogP contribution in [0.1, 0.15) is 10.4 Å². The van der Waals surface area contributed by atoms with E-state index in [0.29, 0.717) is 17.8 Å². The van der Waals surface area contributed by atoms with Crippen molar-refractivity contribution in [3.63, 3.8) is 0 Å². The topological polar surface area (TPSA) is 82.1 Å². The third-order valence-corrected chi connectivity index (χ3v) is 1.98. The molecule has 0 saturated heterocycles. The lowest BCUT2D eigenvalue weighted by molar-refractivity contribution is -0.139. The lowest BCUT2D eigenvalue weighted by Crippen LogP contribution is -2.10. The first-order valence-corrected chi connectivity index (χ1v) is 4.44. The van der Waals surface area contributed by atoms with Gasteiger partial charge in [0.1, 0.15) is 5.75 Å². The molecule has 1 aliphatic heterocycles. The minimum Gasteiger partial charge on any atom is -0.481 e. The molecule has 1 aromatic rings. The van der Waals surface area contributed by atoms with E-state index in [1.807, 2.05) is 0 Å². The fourth-order valence-corrected chi connectivity index (χ4v) is 1.30. The van der Waals surface area contributed by atoms with Gasteiger partial charge in [0.05, 0.1) is 5.56 Å². The van der Waals surface area contributed by atoms with Gasteiger partial charge in [-0.3, -0.25) is 4.79 Å². The largest absolute Gasteiger partial charge is 0.481 e. The van der Waals surface area contributed by atoms with Crippen molar-refractivity contribution in [1.29, 1.82) is 0 Å². The van der Waals surface area contributed by atoms with Crippen molar-refractivity contribution in [2.75, 3.05) is 13.4 Å². The van der Waals surface area contributed by atoms with E-state index in [-0.39, 0.29) is 18.1 Å². The second kappa shape index (κ2) is 4.09. The third-order valence-electron chi connectivity index (χ3n) is 1.98. The summed E-state index contributed by atoms with van der Waals surface area (Å²) in [6, 6.07) is 2.89. The van der Waals surface area contributed by atoms with E-state index >= 15 is 0 Å². The Bertz CT molecular complexity index is 439. The maximum absolute atomic E-state index is 10.7. The summed E-state index contributed by atoms with van der Waals surface area (Å²) >= 11 is 0. The SMILES string of the molecule is O=Cc1cc2c(cc1OCC(=O)O)OCO2. The second-order valence-corrected chi connectivity index (χ2v) is 3.04.